The molecule has 0 fully saturated rings. The van der Waals surface area contributed by atoms with Crippen molar-refractivity contribution < 1.29 is 8.42 Å². The largest absolute Gasteiger partial charge is 0.358 e. The Morgan fingerprint density at radius 1 is 1.33 bits per heavy atom. The molecule has 3 rings (SSSR count). The van der Waals surface area contributed by atoms with Crippen molar-refractivity contribution in [2.24, 2.45) is 0 Å². The highest BCUT2D eigenvalue weighted by Gasteiger charge is 2.25. The van der Waals surface area contributed by atoms with E-state index in [1.165, 1.54) is 17.5 Å². The lowest BCUT2D eigenvalue weighted by Crippen LogP contribution is -2.34. The number of benzene rings is 1. The van der Waals surface area contributed by atoms with E-state index in [0.717, 1.165) is 22.9 Å². The molecule has 5 heteroatoms. The lowest BCUT2D eigenvalue weighted by molar-refractivity contribution is 0.395. The van der Waals surface area contributed by atoms with E-state index in [4.69, 9.17) is 0 Å². The summed E-state index contributed by atoms with van der Waals surface area (Å²) in [6.07, 6.45) is 2.03. The van der Waals surface area contributed by atoms with Crippen molar-refractivity contribution in [2.75, 3.05) is 12.8 Å². The fourth-order valence-corrected chi connectivity index (χ4v) is 3.38. The fourth-order valence-electron chi connectivity index (χ4n) is 2.59. The minimum Gasteiger partial charge on any atom is -0.358 e. The number of rotatable bonds is 1. The van der Waals surface area contributed by atoms with Crippen molar-refractivity contribution in [1.82, 2.24) is 9.29 Å². The van der Waals surface area contributed by atoms with Crippen LogP contribution in [0.25, 0.3) is 10.9 Å². The second-order valence-electron chi connectivity index (χ2n) is 4.98. The topological polar surface area (TPSA) is 53.2 Å². The molecular formula is C13H16N2O2S. The lowest BCUT2D eigenvalue weighted by atomic mass is 10.1. The first-order valence-electron chi connectivity index (χ1n) is 6.00. The molecule has 0 unspecified atom stereocenters. The highest BCUT2D eigenvalue weighted by molar-refractivity contribution is 7.88. The van der Waals surface area contributed by atoms with Gasteiger partial charge in [-0.2, -0.15) is 4.31 Å². The molecule has 1 aromatic carbocycles. The maximum absolute atomic E-state index is 11.6. The third kappa shape index (κ3) is 1.83. The summed E-state index contributed by atoms with van der Waals surface area (Å²) in [7, 11) is -3.10. The van der Waals surface area contributed by atoms with E-state index in [-0.39, 0.29) is 0 Å². The third-order valence-electron chi connectivity index (χ3n) is 3.56. The van der Waals surface area contributed by atoms with Gasteiger partial charge < -0.3 is 4.98 Å². The molecule has 0 saturated heterocycles. The average Bonchev–Trinajstić information content (AvgIpc) is 2.63. The Morgan fingerprint density at radius 2 is 2.11 bits per heavy atom. The van der Waals surface area contributed by atoms with Crippen LogP contribution in [-0.2, 0) is 23.0 Å². The van der Waals surface area contributed by atoms with Crippen LogP contribution in [0.3, 0.4) is 0 Å². The van der Waals surface area contributed by atoms with Crippen molar-refractivity contribution in [3.63, 3.8) is 0 Å². The van der Waals surface area contributed by atoms with Gasteiger partial charge in [0.2, 0.25) is 10.0 Å². The molecule has 1 aromatic heterocycles. The first kappa shape index (κ1) is 11.7. The monoisotopic (exact) mass is 264 g/mol. The minimum atomic E-state index is -3.10. The quantitative estimate of drug-likeness (QED) is 0.854. The summed E-state index contributed by atoms with van der Waals surface area (Å²) in [5.41, 5.74) is 4.62. The molecule has 96 valence electrons. The Balaban J connectivity index is 2.12. The molecular weight excluding hydrogens is 248 g/mol. The number of hydrogen-bond donors (Lipinski definition) is 1. The van der Waals surface area contributed by atoms with Crippen molar-refractivity contribution in [1.29, 1.82) is 0 Å². The van der Waals surface area contributed by atoms with E-state index < -0.39 is 10.0 Å². The van der Waals surface area contributed by atoms with E-state index >= 15 is 0 Å². The molecule has 4 nitrogen and oxygen atoms in total. The average molecular weight is 264 g/mol. The van der Waals surface area contributed by atoms with Gasteiger partial charge >= 0.3 is 0 Å². The number of H-pyrrole nitrogens is 1. The lowest BCUT2D eigenvalue weighted by Gasteiger charge is -2.24. The van der Waals surface area contributed by atoms with Crippen LogP contribution >= 0.6 is 0 Å². The molecule has 0 saturated carbocycles. The number of hydrogen-bond acceptors (Lipinski definition) is 2. The fraction of sp³-hybridized carbons (Fsp3) is 0.385. The highest BCUT2D eigenvalue weighted by atomic mass is 32.2. The van der Waals surface area contributed by atoms with Gasteiger partial charge in [-0.3, -0.25) is 0 Å². The normalized spacial score (nSPS) is 17.0. The summed E-state index contributed by atoms with van der Waals surface area (Å²) in [6.45, 7) is 3.11. The molecule has 0 amide bonds. The molecule has 0 bridgehead atoms. The molecule has 18 heavy (non-hydrogen) atoms. The molecule has 1 aliphatic heterocycles. The standard InChI is InChI=1S/C13H16N2O2S/c1-9-3-4-10-11-8-15(18(2,16)17)6-5-12(11)14-13(10)7-9/h3-4,7,14H,5-6,8H2,1-2H3. The Bertz CT molecular complexity index is 716. The number of sulfonamides is 1. The van der Waals surface area contributed by atoms with Crippen molar-refractivity contribution in [3.8, 4) is 0 Å². The van der Waals surface area contributed by atoms with Gasteiger partial charge in [-0.25, -0.2) is 8.42 Å². The summed E-state index contributed by atoms with van der Waals surface area (Å²) in [5, 5.41) is 1.14. The molecule has 1 N–H and O–H groups in total. The maximum Gasteiger partial charge on any atom is 0.211 e. The number of aryl methyl sites for hydroxylation is 1. The summed E-state index contributed by atoms with van der Waals surface area (Å²) >= 11 is 0. The van der Waals surface area contributed by atoms with Crippen LogP contribution in [-0.4, -0.2) is 30.5 Å². The van der Waals surface area contributed by atoms with Gasteiger partial charge in [-0.1, -0.05) is 12.1 Å². The first-order chi connectivity index (χ1) is 8.45. The highest BCUT2D eigenvalue weighted by Crippen LogP contribution is 2.29. The number of aromatic amines is 1. The van der Waals surface area contributed by atoms with E-state index in [0.29, 0.717) is 13.1 Å². The molecule has 2 heterocycles. The smallest absolute Gasteiger partial charge is 0.211 e. The van der Waals surface area contributed by atoms with Crippen LogP contribution in [0, 0.1) is 6.92 Å². The van der Waals surface area contributed by atoms with E-state index in [2.05, 4.69) is 30.1 Å². The van der Waals surface area contributed by atoms with Crippen molar-refractivity contribution in [2.45, 2.75) is 19.9 Å². The second-order valence-corrected chi connectivity index (χ2v) is 6.96. The van der Waals surface area contributed by atoms with Crippen LogP contribution in [0.2, 0.25) is 0 Å². The van der Waals surface area contributed by atoms with Gasteiger partial charge in [0.05, 0.1) is 6.26 Å². The predicted molar refractivity (Wildman–Crippen MR) is 72.0 cm³/mol. The van der Waals surface area contributed by atoms with Crippen LogP contribution in [0.15, 0.2) is 18.2 Å². The van der Waals surface area contributed by atoms with Gasteiger partial charge in [0.15, 0.2) is 0 Å². The zero-order valence-electron chi connectivity index (χ0n) is 10.5. The van der Waals surface area contributed by atoms with Crippen molar-refractivity contribution >= 4 is 20.9 Å². The Morgan fingerprint density at radius 3 is 2.83 bits per heavy atom. The Hall–Kier alpha value is -1.33. The second kappa shape index (κ2) is 3.83. The maximum atomic E-state index is 11.6. The number of nitrogens with one attached hydrogen (secondary N) is 1. The predicted octanol–water partition coefficient (Wildman–Crippen LogP) is 1.79. The summed E-state index contributed by atoms with van der Waals surface area (Å²) < 4.78 is 24.8. The van der Waals surface area contributed by atoms with Gasteiger partial charge in [-0.05, 0) is 24.1 Å². The van der Waals surface area contributed by atoms with Crippen LogP contribution in [0.1, 0.15) is 16.8 Å². The molecule has 0 radical (unpaired) electrons. The molecule has 2 aromatic rings. The van der Waals surface area contributed by atoms with Crippen molar-refractivity contribution in [3.05, 3.63) is 35.0 Å². The molecule has 0 atom stereocenters. The van der Waals surface area contributed by atoms with Gasteiger partial charge in [-0.15, -0.1) is 0 Å². The molecule has 0 spiro atoms. The summed E-state index contributed by atoms with van der Waals surface area (Å²) in [5.74, 6) is 0. The van der Waals surface area contributed by atoms with Crippen LogP contribution < -0.4 is 0 Å². The molecule has 0 aliphatic carbocycles. The van der Waals surface area contributed by atoms with Crippen LogP contribution in [0.5, 0.6) is 0 Å². The van der Waals surface area contributed by atoms with Gasteiger partial charge in [0.25, 0.3) is 0 Å². The first-order valence-corrected chi connectivity index (χ1v) is 7.85. The third-order valence-corrected chi connectivity index (χ3v) is 4.81. The van der Waals surface area contributed by atoms with E-state index in [1.54, 1.807) is 4.31 Å². The minimum absolute atomic E-state index is 0.483. The number of aromatic nitrogens is 1. The van der Waals surface area contributed by atoms with Gasteiger partial charge in [0.1, 0.15) is 0 Å². The van der Waals surface area contributed by atoms with Crippen LogP contribution in [0.4, 0.5) is 0 Å². The zero-order valence-corrected chi connectivity index (χ0v) is 11.3. The summed E-state index contributed by atoms with van der Waals surface area (Å²) in [6, 6.07) is 6.25. The summed E-state index contributed by atoms with van der Waals surface area (Å²) in [4.78, 5) is 3.41. The zero-order chi connectivity index (χ0) is 12.9. The Kier molecular flexibility index (Phi) is 2.50. The number of fused-ring (bicyclic) bond motifs is 3. The SMILES string of the molecule is Cc1ccc2c3c([nH]c2c1)CCN(S(C)(=O)=O)C3. The van der Waals surface area contributed by atoms with E-state index in [1.807, 2.05) is 0 Å². The van der Waals surface area contributed by atoms with Gasteiger partial charge in [0, 0.05) is 36.1 Å². The Labute approximate surface area is 107 Å². The molecule has 1 aliphatic rings. The van der Waals surface area contributed by atoms with E-state index in [9.17, 15) is 8.42 Å². The number of nitrogens with zero attached hydrogens (tertiary/aromatic N) is 1.